The standard InChI is InChI=1S/C16H18N6OS/c1-7-11-14(17)20-8(2)21-16(11)24-13(7)15(23)22-10-5-3-4-9-12(10)19-6-18-9/h6,10H,3-5H2,1-2H3,(H,18,19)(H,22,23)(H2,17,20,21). The van der Waals surface area contributed by atoms with Crippen molar-refractivity contribution in [3.05, 3.63) is 34.0 Å². The number of imidazole rings is 1. The van der Waals surface area contributed by atoms with Crippen LogP contribution in [-0.4, -0.2) is 25.8 Å². The fourth-order valence-corrected chi connectivity index (χ4v) is 4.45. The third-order valence-electron chi connectivity index (χ3n) is 4.44. The molecule has 1 atom stereocenters. The number of rotatable bonds is 2. The predicted octanol–water partition coefficient (Wildman–Crippen LogP) is 2.42. The predicted molar refractivity (Wildman–Crippen MR) is 93.0 cm³/mol. The monoisotopic (exact) mass is 342 g/mol. The van der Waals surface area contributed by atoms with Gasteiger partial charge in [0.25, 0.3) is 5.91 Å². The minimum Gasteiger partial charge on any atom is -0.383 e. The third-order valence-corrected chi connectivity index (χ3v) is 5.63. The summed E-state index contributed by atoms with van der Waals surface area (Å²) in [5.41, 5.74) is 8.91. The molecule has 0 bridgehead atoms. The van der Waals surface area contributed by atoms with E-state index in [0.717, 1.165) is 46.4 Å². The van der Waals surface area contributed by atoms with Crippen molar-refractivity contribution in [2.45, 2.75) is 39.2 Å². The van der Waals surface area contributed by atoms with Gasteiger partial charge in [-0.25, -0.2) is 15.0 Å². The molecule has 1 aliphatic rings. The van der Waals surface area contributed by atoms with Crippen molar-refractivity contribution in [1.29, 1.82) is 0 Å². The van der Waals surface area contributed by atoms with Gasteiger partial charge in [0.15, 0.2) is 0 Å². The highest BCUT2D eigenvalue weighted by Gasteiger charge is 2.26. The molecule has 3 aromatic heterocycles. The summed E-state index contributed by atoms with van der Waals surface area (Å²) < 4.78 is 0. The zero-order chi connectivity index (χ0) is 16.8. The van der Waals surface area contributed by atoms with Gasteiger partial charge < -0.3 is 16.0 Å². The average Bonchev–Trinajstić information content (AvgIpc) is 3.12. The molecule has 0 radical (unpaired) electrons. The molecule has 0 fully saturated rings. The number of thiophene rings is 1. The Hall–Kier alpha value is -2.48. The van der Waals surface area contributed by atoms with Crippen molar-refractivity contribution in [2.75, 3.05) is 5.73 Å². The third kappa shape index (κ3) is 2.34. The molecule has 3 aromatic rings. The van der Waals surface area contributed by atoms with Crippen LogP contribution in [0.5, 0.6) is 0 Å². The summed E-state index contributed by atoms with van der Waals surface area (Å²) in [5.74, 6) is 0.938. The minimum absolute atomic E-state index is 0.0534. The number of nitrogens with one attached hydrogen (secondary N) is 2. The molecule has 1 unspecified atom stereocenters. The number of nitrogens with zero attached hydrogens (tertiary/aromatic N) is 3. The number of fused-ring (bicyclic) bond motifs is 2. The summed E-state index contributed by atoms with van der Waals surface area (Å²) in [7, 11) is 0. The maximum atomic E-state index is 12.8. The van der Waals surface area contributed by atoms with Gasteiger partial charge in [-0.15, -0.1) is 11.3 Å². The highest BCUT2D eigenvalue weighted by Crippen LogP contribution is 2.34. The molecule has 1 amide bonds. The quantitative estimate of drug-likeness (QED) is 0.662. The van der Waals surface area contributed by atoms with Crippen molar-refractivity contribution in [3.8, 4) is 0 Å². The normalized spacial score (nSPS) is 17.0. The Balaban J connectivity index is 1.68. The number of nitrogen functional groups attached to an aromatic ring is 1. The smallest absolute Gasteiger partial charge is 0.262 e. The average molecular weight is 342 g/mol. The summed E-state index contributed by atoms with van der Waals surface area (Å²) >= 11 is 1.36. The number of hydrogen-bond donors (Lipinski definition) is 3. The summed E-state index contributed by atoms with van der Waals surface area (Å²) in [6, 6.07) is -0.0534. The number of nitrogens with two attached hydrogens (primary N) is 1. The first-order valence-electron chi connectivity index (χ1n) is 7.91. The lowest BCUT2D eigenvalue weighted by Crippen LogP contribution is -2.31. The van der Waals surface area contributed by atoms with Gasteiger partial charge in [0, 0.05) is 5.69 Å². The number of aromatic nitrogens is 4. The minimum atomic E-state index is -0.103. The summed E-state index contributed by atoms with van der Waals surface area (Å²) in [6.45, 7) is 3.69. The zero-order valence-corrected chi connectivity index (χ0v) is 14.3. The molecule has 3 heterocycles. The molecular weight excluding hydrogens is 324 g/mol. The van der Waals surface area contributed by atoms with Gasteiger partial charge in [0.1, 0.15) is 16.5 Å². The molecule has 0 aromatic carbocycles. The van der Waals surface area contributed by atoms with Crippen molar-refractivity contribution < 1.29 is 4.79 Å². The Kier molecular flexibility index (Phi) is 3.49. The van der Waals surface area contributed by atoms with Crippen molar-refractivity contribution in [2.24, 2.45) is 0 Å². The van der Waals surface area contributed by atoms with Crippen LogP contribution in [0.4, 0.5) is 5.82 Å². The second-order valence-electron chi connectivity index (χ2n) is 6.08. The number of aryl methyl sites for hydroxylation is 3. The molecule has 0 saturated heterocycles. The lowest BCUT2D eigenvalue weighted by Gasteiger charge is -2.22. The Morgan fingerprint density at radius 3 is 3.08 bits per heavy atom. The molecule has 0 aliphatic heterocycles. The molecule has 4 rings (SSSR count). The molecule has 8 heteroatoms. The Bertz CT molecular complexity index is 944. The van der Waals surface area contributed by atoms with Crippen LogP contribution in [0.2, 0.25) is 0 Å². The van der Waals surface area contributed by atoms with Crippen LogP contribution in [0, 0.1) is 13.8 Å². The Morgan fingerprint density at radius 1 is 1.42 bits per heavy atom. The molecule has 0 spiro atoms. The van der Waals surface area contributed by atoms with E-state index in [9.17, 15) is 4.79 Å². The van der Waals surface area contributed by atoms with Crippen LogP contribution < -0.4 is 11.1 Å². The van der Waals surface area contributed by atoms with Crippen molar-refractivity contribution in [3.63, 3.8) is 0 Å². The van der Waals surface area contributed by atoms with E-state index in [2.05, 4.69) is 25.3 Å². The van der Waals surface area contributed by atoms with Crippen LogP contribution in [0.15, 0.2) is 6.33 Å². The topological polar surface area (TPSA) is 110 Å². The largest absolute Gasteiger partial charge is 0.383 e. The molecule has 4 N–H and O–H groups in total. The van der Waals surface area contributed by atoms with Crippen LogP contribution in [0.25, 0.3) is 10.2 Å². The van der Waals surface area contributed by atoms with E-state index in [0.29, 0.717) is 16.5 Å². The van der Waals surface area contributed by atoms with Gasteiger partial charge in [0.2, 0.25) is 0 Å². The fraction of sp³-hybridized carbons (Fsp3) is 0.375. The SMILES string of the molecule is Cc1nc(N)c2c(C)c(C(=O)NC3CCCc4[nH]cnc43)sc2n1. The Morgan fingerprint density at radius 2 is 2.25 bits per heavy atom. The number of carbonyl (C=O) groups excluding carboxylic acids is 1. The molecule has 0 saturated carbocycles. The lowest BCUT2D eigenvalue weighted by molar-refractivity contribution is 0.0935. The van der Waals surface area contributed by atoms with Gasteiger partial charge in [-0.2, -0.15) is 0 Å². The maximum Gasteiger partial charge on any atom is 0.262 e. The maximum absolute atomic E-state index is 12.8. The van der Waals surface area contributed by atoms with Crippen LogP contribution in [-0.2, 0) is 6.42 Å². The lowest BCUT2D eigenvalue weighted by atomic mass is 9.96. The highest BCUT2D eigenvalue weighted by molar-refractivity contribution is 7.20. The number of carbonyl (C=O) groups is 1. The summed E-state index contributed by atoms with van der Waals surface area (Å²) in [4.78, 5) is 30.3. The van der Waals surface area contributed by atoms with Crippen LogP contribution >= 0.6 is 11.3 Å². The van der Waals surface area contributed by atoms with Gasteiger partial charge in [-0.05, 0) is 38.7 Å². The first-order valence-corrected chi connectivity index (χ1v) is 8.72. The van der Waals surface area contributed by atoms with Gasteiger partial charge >= 0.3 is 0 Å². The van der Waals surface area contributed by atoms with E-state index >= 15 is 0 Å². The highest BCUT2D eigenvalue weighted by atomic mass is 32.1. The van der Waals surface area contributed by atoms with E-state index in [4.69, 9.17) is 5.73 Å². The van der Waals surface area contributed by atoms with E-state index in [1.165, 1.54) is 11.3 Å². The van der Waals surface area contributed by atoms with E-state index in [-0.39, 0.29) is 11.9 Å². The fourth-order valence-electron chi connectivity index (χ4n) is 3.31. The second kappa shape index (κ2) is 5.55. The van der Waals surface area contributed by atoms with Crippen LogP contribution in [0.1, 0.15) is 51.3 Å². The summed E-state index contributed by atoms with van der Waals surface area (Å²) in [6.07, 6.45) is 4.60. The first kappa shape index (κ1) is 15.1. The number of amides is 1. The van der Waals surface area contributed by atoms with Gasteiger partial charge in [-0.3, -0.25) is 4.79 Å². The Labute approximate surface area is 142 Å². The van der Waals surface area contributed by atoms with Gasteiger partial charge in [0.05, 0.1) is 28.3 Å². The number of hydrogen-bond acceptors (Lipinski definition) is 6. The van der Waals surface area contributed by atoms with Gasteiger partial charge in [-0.1, -0.05) is 0 Å². The van der Waals surface area contributed by atoms with Crippen LogP contribution in [0.3, 0.4) is 0 Å². The van der Waals surface area contributed by atoms with Crippen molar-refractivity contribution in [1.82, 2.24) is 25.3 Å². The number of anilines is 1. The van der Waals surface area contributed by atoms with Crippen molar-refractivity contribution >= 4 is 33.3 Å². The summed E-state index contributed by atoms with van der Waals surface area (Å²) in [5, 5.41) is 3.89. The molecule has 1 aliphatic carbocycles. The second-order valence-corrected chi connectivity index (χ2v) is 7.08. The molecular formula is C16H18N6OS. The number of H-pyrrole nitrogens is 1. The zero-order valence-electron chi connectivity index (χ0n) is 13.5. The van der Waals surface area contributed by atoms with E-state index in [1.54, 1.807) is 13.3 Å². The molecule has 7 nitrogen and oxygen atoms in total. The van der Waals surface area contributed by atoms with E-state index in [1.807, 2.05) is 6.92 Å². The number of aromatic amines is 1. The first-order chi connectivity index (χ1) is 11.5. The molecule has 24 heavy (non-hydrogen) atoms. The van der Waals surface area contributed by atoms with E-state index < -0.39 is 0 Å². The molecule has 124 valence electrons.